The standard InChI is InChI=1S/C21H17FN2O4S/c1-27-15-9-14(10-16(11-15)28-2)24-20(25)19-18(7-8-29-19)23(21(24)26)12-13-5-3-4-6-17(13)22/h3-11H,12H2,1-2H3. The molecule has 0 saturated carbocycles. The van der Waals surface area contributed by atoms with Crippen LogP contribution in [0.5, 0.6) is 11.5 Å². The highest BCUT2D eigenvalue weighted by Crippen LogP contribution is 2.25. The Labute approximate surface area is 169 Å². The summed E-state index contributed by atoms with van der Waals surface area (Å²) >= 11 is 1.23. The quantitative estimate of drug-likeness (QED) is 0.504. The summed E-state index contributed by atoms with van der Waals surface area (Å²) < 4.78 is 27.6. The first kappa shape index (κ1) is 18.9. The maximum Gasteiger partial charge on any atom is 0.336 e. The lowest BCUT2D eigenvalue weighted by atomic mass is 10.2. The number of rotatable bonds is 5. The molecule has 0 N–H and O–H groups in total. The van der Waals surface area contributed by atoms with Crippen molar-refractivity contribution in [3.8, 4) is 17.2 Å². The average Bonchev–Trinajstić information content (AvgIpc) is 3.22. The van der Waals surface area contributed by atoms with E-state index in [0.29, 0.717) is 33.0 Å². The van der Waals surface area contributed by atoms with Crippen molar-refractivity contribution in [1.82, 2.24) is 9.13 Å². The number of thiophene rings is 1. The summed E-state index contributed by atoms with van der Waals surface area (Å²) in [7, 11) is 2.97. The van der Waals surface area contributed by atoms with E-state index in [1.165, 1.54) is 36.2 Å². The van der Waals surface area contributed by atoms with Gasteiger partial charge in [-0.1, -0.05) is 18.2 Å². The molecule has 148 valence electrons. The fraction of sp³-hybridized carbons (Fsp3) is 0.143. The van der Waals surface area contributed by atoms with E-state index in [2.05, 4.69) is 0 Å². The van der Waals surface area contributed by atoms with Crippen LogP contribution in [0.1, 0.15) is 5.56 Å². The van der Waals surface area contributed by atoms with Crippen molar-refractivity contribution >= 4 is 21.6 Å². The van der Waals surface area contributed by atoms with Gasteiger partial charge in [-0.15, -0.1) is 11.3 Å². The summed E-state index contributed by atoms with van der Waals surface area (Å²) in [6.45, 7) is 0.000122. The van der Waals surface area contributed by atoms with E-state index in [1.54, 1.807) is 47.8 Å². The topological polar surface area (TPSA) is 62.5 Å². The van der Waals surface area contributed by atoms with Gasteiger partial charge in [-0.3, -0.25) is 9.36 Å². The molecule has 29 heavy (non-hydrogen) atoms. The highest BCUT2D eigenvalue weighted by molar-refractivity contribution is 7.17. The predicted molar refractivity (Wildman–Crippen MR) is 110 cm³/mol. The molecule has 4 rings (SSSR count). The minimum absolute atomic E-state index is 0.000122. The fourth-order valence-electron chi connectivity index (χ4n) is 3.19. The van der Waals surface area contributed by atoms with Gasteiger partial charge in [0.2, 0.25) is 0 Å². The number of ether oxygens (including phenoxy) is 2. The fourth-order valence-corrected chi connectivity index (χ4v) is 4.01. The molecule has 0 spiro atoms. The second-order valence-corrected chi connectivity index (χ2v) is 7.22. The third-order valence-electron chi connectivity index (χ3n) is 4.64. The Bertz CT molecular complexity index is 1300. The van der Waals surface area contributed by atoms with Gasteiger partial charge in [0.25, 0.3) is 5.56 Å². The Balaban J connectivity index is 2.01. The van der Waals surface area contributed by atoms with Gasteiger partial charge in [-0.2, -0.15) is 0 Å². The van der Waals surface area contributed by atoms with E-state index in [4.69, 9.17) is 9.47 Å². The molecule has 4 aromatic rings. The van der Waals surface area contributed by atoms with E-state index < -0.39 is 17.1 Å². The van der Waals surface area contributed by atoms with Gasteiger partial charge >= 0.3 is 5.69 Å². The predicted octanol–water partition coefficient (Wildman–Crippen LogP) is 3.42. The van der Waals surface area contributed by atoms with Crippen molar-refractivity contribution in [2.24, 2.45) is 0 Å². The van der Waals surface area contributed by atoms with Crippen molar-refractivity contribution in [1.29, 1.82) is 0 Å². The van der Waals surface area contributed by atoms with Crippen LogP contribution in [0.15, 0.2) is 63.5 Å². The highest BCUT2D eigenvalue weighted by atomic mass is 32.1. The van der Waals surface area contributed by atoms with Crippen LogP contribution in [0.4, 0.5) is 4.39 Å². The molecular weight excluding hydrogens is 395 g/mol. The van der Waals surface area contributed by atoms with Crippen LogP contribution in [0.25, 0.3) is 15.9 Å². The molecule has 0 saturated heterocycles. The summed E-state index contributed by atoms with van der Waals surface area (Å²) in [5, 5.41) is 1.74. The van der Waals surface area contributed by atoms with Crippen LogP contribution >= 0.6 is 11.3 Å². The van der Waals surface area contributed by atoms with E-state index in [0.717, 1.165) is 4.57 Å². The first-order valence-corrected chi connectivity index (χ1v) is 9.61. The lowest BCUT2D eigenvalue weighted by molar-refractivity contribution is 0.394. The molecule has 8 heteroatoms. The van der Waals surface area contributed by atoms with Crippen molar-refractivity contribution in [2.75, 3.05) is 14.2 Å². The minimum Gasteiger partial charge on any atom is -0.497 e. The summed E-state index contributed by atoms with van der Waals surface area (Å²) in [6.07, 6.45) is 0. The second kappa shape index (κ2) is 7.56. The molecule has 0 aliphatic rings. The van der Waals surface area contributed by atoms with Crippen LogP contribution < -0.4 is 20.7 Å². The largest absolute Gasteiger partial charge is 0.497 e. The van der Waals surface area contributed by atoms with E-state index in [-0.39, 0.29) is 6.54 Å². The SMILES string of the molecule is COc1cc(OC)cc(-n2c(=O)c3sccc3n(Cc3ccccc3F)c2=O)c1. The molecule has 0 radical (unpaired) electrons. The van der Waals surface area contributed by atoms with Crippen molar-refractivity contribution < 1.29 is 13.9 Å². The minimum atomic E-state index is -0.570. The third-order valence-corrected chi connectivity index (χ3v) is 5.53. The van der Waals surface area contributed by atoms with Gasteiger partial charge in [0.1, 0.15) is 22.0 Å². The first-order chi connectivity index (χ1) is 14.0. The maximum atomic E-state index is 14.2. The van der Waals surface area contributed by atoms with Crippen LogP contribution in [0, 0.1) is 5.82 Å². The van der Waals surface area contributed by atoms with Crippen LogP contribution in [-0.4, -0.2) is 23.4 Å². The Hall–Kier alpha value is -3.39. The second-order valence-electron chi connectivity index (χ2n) is 6.31. The Morgan fingerprint density at radius 2 is 1.69 bits per heavy atom. The van der Waals surface area contributed by atoms with E-state index in [1.807, 2.05) is 0 Å². The molecule has 2 aromatic carbocycles. The van der Waals surface area contributed by atoms with E-state index in [9.17, 15) is 14.0 Å². The number of halogens is 1. The smallest absolute Gasteiger partial charge is 0.336 e. The van der Waals surface area contributed by atoms with Crippen LogP contribution in [-0.2, 0) is 6.54 Å². The molecule has 6 nitrogen and oxygen atoms in total. The number of aromatic nitrogens is 2. The number of hydrogen-bond donors (Lipinski definition) is 0. The first-order valence-electron chi connectivity index (χ1n) is 8.73. The van der Waals surface area contributed by atoms with Crippen LogP contribution in [0.3, 0.4) is 0 Å². The summed E-state index contributed by atoms with van der Waals surface area (Å²) in [6, 6.07) is 12.8. The van der Waals surface area contributed by atoms with Gasteiger partial charge in [-0.05, 0) is 17.5 Å². The number of hydrogen-bond acceptors (Lipinski definition) is 5. The van der Waals surface area contributed by atoms with Crippen molar-refractivity contribution in [2.45, 2.75) is 6.54 Å². The normalized spacial score (nSPS) is 11.0. The van der Waals surface area contributed by atoms with Crippen molar-refractivity contribution in [3.05, 3.63) is 86.1 Å². The number of nitrogens with zero attached hydrogens (tertiary/aromatic N) is 2. The van der Waals surface area contributed by atoms with Gasteiger partial charge in [-0.25, -0.2) is 13.8 Å². The van der Waals surface area contributed by atoms with Gasteiger partial charge in [0.05, 0.1) is 32.0 Å². The highest BCUT2D eigenvalue weighted by Gasteiger charge is 2.18. The molecule has 0 fully saturated rings. The summed E-state index contributed by atoms with van der Waals surface area (Å²) in [5.41, 5.74) is 0.128. The number of benzene rings is 2. The molecule has 2 aromatic heterocycles. The summed E-state index contributed by atoms with van der Waals surface area (Å²) in [5.74, 6) is 0.471. The van der Waals surface area contributed by atoms with Crippen molar-refractivity contribution in [3.63, 3.8) is 0 Å². The molecule has 0 aliphatic heterocycles. The lowest BCUT2D eigenvalue weighted by Crippen LogP contribution is -2.38. The number of methoxy groups -OCH3 is 2. The lowest BCUT2D eigenvalue weighted by Gasteiger charge is -2.14. The Morgan fingerprint density at radius 1 is 1.00 bits per heavy atom. The van der Waals surface area contributed by atoms with Gasteiger partial charge < -0.3 is 9.47 Å². The third kappa shape index (κ3) is 3.31. The zero-order valence-electron chi connectivity index (χ0n) is 15.7. The molecule has 0 amide bonds. The molecule has 0 unspecified atom stereocenters. The number of fused-ring (bicyclic) bond motifs is 1. The van der Waals surface area contributed by atoms with Gasteiger partial charge in [0.15, 0.2) is 0 Å². The van der Waals surface area contributed by atoms with E-state index >= 15 is 0 Å². The van der Waals surface area contributed by atoms with Gasteiger partial charge in [0, 0.05) is 23.8 Å². The average molecular weight is 412 g/mol. The zero-order valence-corrected chi connectivity index (χ0v) is 16.5. The Morgan fingerprint density at radius 3 is 2.34 bits per heavy atom. The van der Waals surface area contributed by atoms with Crippen LogP contribution in [0.2, 0.25) is 0 Å². The molecule has 0 bridgehead atoms. The summed E-state index contributed by atoms with van der Waals surface area (Å²) in [4.78, 5) is 26.4. The molecule has 0 aliphatic carbocycles. The molecule has 0 atom stereocenters. The monoisotopic (exact) mass is 412 g/mol. The Kier molecular flexibility index (Phi) is 4.94. The maximum absolute atomic E-state index is 14.2. The molecular formula is C21H17FN2O4S. The molecule has 2 heterocycles. The zero-order chi connectivity index (χ0) is 20.5.